The molecule has 1 aliphatic heterocycles. The van der Waals surface area contributed by atoms with Crippen LogP contribution in [0.4, 0.5) is 5.82 Å². The van der Waals surface area contributed by atoms with Crippen LogP contribution < -0.4 is 10.6 Å². The number of hydrogen-bond donors (Lipinski definition) is 1. The Labute approximate surface area is 105 Å². The van der Waals surface area contributed by atoms with Crippen LogP contribution in [0.2, 0.25) is 0 Å². The monoisotopic (exact) mass is 283 g/mol. The summed E-state index contributed by atoms with van der Waals surface area (Å²) in [4.78, 5) is 6.83. The van der Waals surface area contributed by atoms with Gasteiger partial charge in [0.2, 0.25) is 0 Å². The van der Waals surface area contributed by atoms with E-state index in [-0.39, 0.29) is 0 Å². The molecule has 1 fully saturated rings. The van der Waals surface area contributed by atoms with Gasteiger partial charge in [0.15, 0.2) is 0 Å². The number of rotatable bonds is 2. The van der Waals surface area contributed by atoms with Gasteiger partial charge in [-0.15, -0.1) is 0 Å². The van der Waals surface area contributed by atoms with E-state index in [0.717, 1.165) is 23.4 Å². The Hall–Kier alpha value is -0.610. The molecule has 0 amide bonds. The molecule has 0 aromatic carbocycles. The lowest BCUT2D eigenvalue weighted by atomic mass is 10.1. The van der Waals surface area contributed by atoms with E-state index in [0.29, 0.717) is 6.04 Å². The van der Waals surface area contributed by atoms with Gasteiger partial charge in [0.25, 0.3) is 0 Å². The number of nitrogens with two attached hydrogens (primary N) is 1. The highest BCUT2D eigenvalue weighted by atomic mass is 79.9. The molecule has 0 aliphatic carbocycles. The van der Waals surface area contributed by atoms with Gasteiger partial charge in [-0.25, -0.2) is 4.98 Å². The first-order valence-corrected chi connectivity index (χ1v) is 6.69. The zero-order chi connectivity index (χ0) is 11.4. The van der Waals surface area contributed by atoms with Crippen molar-refractivity contribution in [3.05, 3.63) is 22.8 Å². The van der Waals surface area contributed by atoms with Crippen LogP contribution in [0.3, 0.4) is 0 Å². The first-order chi connectivity index (χ1) is 7.81. The Balaban J connectivity index is 2.18. The van der Waals surface area contributed by atoms with Gasteiger partial charge in [0, 0.05) is 29.8 Å². The molecule has 1 aromatic heterocycles. The van der Waals surface area contributed by atoms with E-state index in [4.69, 9.17) is 5.73 Å². The van der Waals surface area contributed by atoms with Crippen molar-refractivity contribution in [1.82, 2.24) is 4.98 Å². The van der Waals surface area contributed by atoms with Gasteiger partial charge in [0.1, 0.15) is 5.82 Å². The third-order valence-electron chi connectivity index (χ3n) is 3.16. The van der Waals surface area contributed by atoms with E-state index in [2.05, 4.69) is 31.9 Å². The number of aromatic nitrogens is 1. The summed E-state index contributed by atoms with van der Waals surface area (Å²) in [7, 11) is 0. The summed E-state index contributed by atoms with van der Waals surface area (Å²) in [5.74, 6) is 1.06. The lowest BCUT2D eigenvalue weighted by Gasteiger charge is -2.30. The molecule has 1 atom stereocenters. The molecule has 0 spiro atoms. The van der Waals surface area contributed by atoms with E-state index in [1.54, 1.807) is 0 Å². The van der Waals surface area contributed by atoms with Crippen LogP contribution >= 0.6 is 15.9 Å². The third-order valence-corrected chi connectivity index (χ3v) is 3.62. The molecule has 1 aromatic rings. The molecular formula is C12H18BrN3. The summed E-state index contributed by atoms with van der Waals surface area (Å²) >= 11 is 3.41. The zero-order valence-corrected chi connectivity index (χ0v) is 11.0. The summed E-state index contributed by atoms with van der Waals surface area (Å²) in [5, 5.41) is 0. The fraction of sp³-hybridized carbons (Fsp3) is 0.583. The Morgan fingerprint density at radius 2 is 2.25 bits per heavy atom. The lowest BCUT2D eigenvalue weighted by molar-refractivity contribution is 0.576. The van der Waals surface area contributed by atoms with Gasteiger partial charge in [-0.3, -0.25) is 0 Å². The molecule has 0 saturated carbocycles. The molecule has 88 valence electrons. The second kappa shape index (κ2) is 5.64. The summed E-state index contributed by atoms with van der Waals surface area (Å²) in [6, 6.07) is 4.56. The average molecular weight is 284 g/mol. The fourth-order valence-electron chi connectivity index (χ4n) is 2.26. The first-order valence-electron chi connectivity index (χ1n) is 5.89. The predicted octanol–water partition coefficient (Wildman–Crippen LogP) is 2.55. The second-order valence-corrected chi connectivity index (χ2v) is 5.18. The average Bonchev–Trinajstić information content (AvgIpc) is 2.55. The fourth-order valence-corrected chi connectivity index (χ4v) is 2.50. The third kappa shape index (κ3) is 2.74. The SMILES string of the molecule is NCC1CCCCCN1c1ccc(Br)cn1. The van der Waals surface area contributed by atoms with E-state index < -0.39 is 0 Å². The van der Waals surface area contributed by atoms with E-state index in [1.165, 1.54) is 25.7 Å². The number of halogens is 1. The van der Waals surface area contributed by atoms with Crippen molar-refractivity contribution >= 4 is 21.7 Å². The molecular weight excluding hydrogens is 266 g/mol. The van der Waals surface area contributed by atoms with Crippen molar-refractivity contribution in [3.63, 3.8) is 0 Å². The smallest absolute Gasteiger partial charge is 0.128 e. The van der Waals surface area contributed by atoms with Crippen LogP contribution in [0.1, 0.15) is 25.7 Å². The molecule has 1 saturated heterocycles. The van der Waals surface area contributed by atoms with Crippen LogP contribution in [0.5, 0.6) is 0 Å². The van der Waals surface area contributed by atoms with Crippen molar-refractivity contribution < 1.29 is 0 Å². The van der Waals surface area contributed by atoms with Crippen LogP contribution in [0.25, 0.3) is 0 Å². The number of anilines is 1. The maximum atomic E-state index is 5.85. The van der Waals surface area contributed by atoms with E-state index >= 15 is 0 Å². The van der Waals surface area contributed by atoms with Crippen molar-refractivity contribution in [1.29, 1.82) is 0 Å². The quantitative estimate of drug-likeness (QED) is 0.907. The molecule has 3 nitrogen and oxygen atoms in total. The lowest BCUT2D eigenvalue weighted by Crippen LogP contribution is -2.40. The minimum Gasteiger partial charge on any atom is -0.352 e. The topological polar surface area (TPSA) is 42.1 Å². The first kappa shape index (κ1) is 11.9. The molecule has 1 aliphatic rings. The summed E-state index contributed by atoms with van der Waals surface area (Å²) in [6.45, 7) is 1.80. The molecule has 4 heteroatoms. The van der Waals surface area contributed by atoms with Gasteiger partial charge in [-0.2, -0.15) is 0 Å². The summed E-state index contributed by atoms with van der Waals surface area (Å²) < 4.78 is 1.02. The minimum atomic E-state index is 0.455. The standard InChI is InChI=1S/C12H18BrN3/c13-10-5-6-12(15-9-10)16-7-3-1-2-4-11(16)8-14/h5-6,9,11H,1-4,7-8,14H2. The molecule has 2 heterocycles. The van der Waals surface area contributed by atoms with Gasteiger partial charge in [0.05, 0.1) is 0 Å². The molecule has 0 bridgehead atoms. The minimum absolute atomic E-state index is 0.455. The number of pyridine rings is 1. The van der Waals surface area contributed by atoms with E-state index in [9.17, 15) is 0 Å². The summed E-state index contributed by atoms with van der Waals surface area (Å²) in [6.07, 6.45) is 6.88. The number of hydrogen-bond acceptors (Lipinski definition) is 3. The van der Waals surface area contributed by atoms with E-state index in [1.807, 2.05) is 12.3 Å². The highest BCUT2D eigenvalue weighted by molar-refractivity contribution is 9.10. The van der Waals surface area contributed by atoms with Crippen molar-refractivity contribution in [2.75, 3.05) is 18.0 Å². The van der Waals surface area contributed by atoms with Gasteiger partial charge in [-0.1, -0.05) is 12.8 Å². The van der Waals surface area contributed by atoms with Crippen molar-refractivity contribution in [3.8, 4) is 0 Å². The van der Waals surface area contributed by atoms with Crippen LogP contribution in [0, 0.1) is 0 Å². The Bertz CT molecular complexity index is 326. The van der Waals surface area contributed by atoms with Gasteiger partial charge < -0.3 is 10.6 Å². The van der Waals surface area contributed by atoms with Crippen LogP contribution in [-0.4, -0.2) is 24.1 Å². The Kier molecular flexibility index (Phi) is 4.18. The van der Waals surface area contributed by atoms with Crippen molar-refractivity contribution in [2.24, 2.45) is 5.73 Å². The Morgan fingerprint density at radius 1 is 1.38 bits per heavy atom. The molecule has 2 N–H and O–H groups in total. The second-order valence-electron chi connectivity index (χ2n) is 4.27. The largest absolute Gasteiger partial charge is 0.352 e. The normalized spacial score (nSPS) is 21.9. The maximum Gasteiger partial charge on any atom is 0.128 e. The molecule has 16 heavy (non-hydrogen) atoms. The summed E-state index contributed by atoms with van der Waals surface area (Å²) in [5.41, 5.74) is 5.85. The zero-order valence-electron chi connectivity index (χ0n) is 9.40. The number of nitrogens with zero attached hydrogens (tertiary/aromatic N) is 2. The van der Waals surface area contributed by atoms with Gasteiger partial charge in [-0.05, 0) is 40.9 Å². The Morgan fingerprint density at radius 3 is 2.94 bits per heavy atom. The van der Waals surface area contributed by atoms with Gasteiger partial charge >= 0.3 is 0 Å². The molecule has 0 radical (unpaired) electrons. The van der Waals surface area contributed by atoms with Crippen molar-refractivity contribution in [2.45, 2.75) is 31.7 Å². The predicted molar refractivity (Wildman–Crippen MR) is 70.6 cm³/mol. The molecule has 1 unspecified atom stereocenters. The highest BCUT2D eigenvalue weighted by Gasteiger charge is 2.20. The van der Waals surface area contributed by atoms with Crippen LogP contribution in [-0.2, 0) is 0 Å². The highest BCUT2D eigenvalue weighted by Crippen LogP contribution is 2.22. The van der Waals surface area contributed by atoms with Crippen LogP contribution in [0.15, 0.2) is 22.8 Å². The maximum absolute atomic E-state index is 5.85. The molecule has 2 rings (SSSR count).